The van der Waals surface area contributed by atoms with Gasteiger partial charge in [-0.1, -0.05) is 35.8 Å². The van der Waals surface area contributed by atoms with E-state index in [9.17, 15) is 0 Å². The van der Waals surface area contributed by atoms with Crippen molar-refractivity contribution in [2.24, 2.45) is 0 Å². The van der Waals surface area contributed by atoms with Crippen molar-refractivity contribution in [2.45, 2.75) is 38.9 Å². The molecule has 1 fully saturated rings. The lowest BCUT2D eigenvalue weighted by atomic mass is 9.75. The van der Waals surface area contributed by atoms with Gasteiger partial charge in [0.15, 0.2) is 0 Å². The van der Waals surface area contributed by atoms with Crippen molar-refractivity contribution in [3.05, 3.63) is 40.4 Å². The summed E-state index contributed by atoms with van der Waals surface area (Å²) in [4.78, 5) is 0. The van der Waals surface area contributed by atoms with Crippen LogP contribution in [0.4, 0.5) is 0 Å². The second-order valence-electron chi connectivity index (χ2n) is 5.74. The van der Waals surface area contributed by atoms with Crippen LogP contribution < -0.4 is 0 Å². The molecule has 5 heteroatoms. The Kier molecular flexibility index (Phi) is 3.78. The first-order valence-electron chi connectivity index (χ1n) is 6.14. The fourth-order valence-corrected chi connectivity index (χ4v) is 2.39. The van der Waals surface area contributed by atoms with E-state index in [4.69, 9.17) is 32.5 Å². The maximum atomic E-state index is 6.19. The first-order chi connectivity index (χ1) is 8.64. The van der Waals surface area contributed by atoms with Gasteiger partial charge in [-0.25, -0.2) is 0 Å². The predicted octanol–water partition coefficient (Wildman–Crippen LogP) is 4.64. The van der Waals surface area contributed by atoms with Gasteiger partial charge in [0.1, 0.15) is 0 Å². The summed E-state index contributed by atoms with van der Waals surface area (Å²) in [5.41, 5.74) is 0.726. The van der Waals surface area contributed by atoms with Crippen molar-refractivity contribution in [3.63, 3.8) is 0 Å². The van der Waals surface area contributed by atoms with Crippen LogP contribution >= 0.6 is 23.2 Å². The second-order valence-corrected chi connectivity index (χ2v) is 6.58. The van der Waals surface area contributed by atoms with Gasteiger partial charge in [0.2, 0.25) is 0 Å². The van der Waals surface area contributed by atoms with Gasteiger partial charge in [0.25, 0.3) is 0 Å². The average Bonchev–Trinajstić information content (AvgIpc) is 2.47. The molecule has 2 rings (SSSR count). The van der Waals surface area contributed by atoms with Crippen LogP contribution in [0.15, 0.2) is 24.8 Å². The zero-order chi connectivity index (χ0) is 14.4. The Morgan fingerprint density at radius 2 is 1.63 bits per heavy atom. The molecule has 0 amide bonds. The van der Waals surface area contributed by atoms with Gasteiger partial charge in [-0.15, -0.1) is 0 Å². The fourth-order valence-electron chi connectivity index (χ4n) is 1.86. The zero-order valence-electron chi connectivity index (χ0n) is 11.6. The minimum atomic E-state index is -0.497. The molecule has 0 radical (unpaired) electrons. The Bertz CT molecular complexity index is 510. The van der Waals surface area contributed by atoms with E-state index in [2.05, 4.69) is 6.58 Å². The van der Waals surface area contributed by atoms with Crippen molar-refractivity contribution < 1.29 is 9.31 Å². The van der Waals surface area contributed by atoms with Gasteiger partial charge in [-0.3, -0.25) is 0 Å². The molecule has 0 saturated carbocycles. The quantitative estimate of drug-likeness (QED) is 0.741. The van der Waals surface area contributed by atoms with E-state index in [0.29, 0.717) is 15.5 Å². The number of hydrogen-bond donors (Lipinski definition) is 0. The van der Waals surface area contributed by atoms with Gasteiger partial charge in [0, 0.05) is 10.0 Å². The normalized spacial score (nSPS) is 20.6. The van der Waals surface area contributed by atoms with E-state index < -0.39 is 7.12 Å². The summed E-state index contributed by atoms with van der Waals surface area (Å²) in [6, 6.07) is 5.30. The molecular weight excluding hydrogens is 282 g/mol. The van der Waals surface area contributed by atoms with Crippen molar-refractivity contribution >= 4 is 35.8 Å². The molecule has 0 aromatic heterocycles. The summed E-state index contributed by atoms with van der Waals surface area (Å²) >= 11 is 12.1. The third-order valence-electron chi connectivity index (χ3n) is 3.81. The average molecular weight is 299 g/mol. The Balaban J connectivity index is 2.27. The maximum Gasteiger partial charge on any atom is 0.494 e. The van der Waals surface area contributed by atoms with E-state index in [1.807, 2.05) is 33.8 Å². The highest BCUT2D eigenvalue weighted by atomic mass is 35.5. The van der Waals surface area contributed by atoms with Gasteiger partial charge in [-0.05, 0) is 50.9 Å². The van der Waals surface area contributed by atoms with Gasteiger partial charge in [0.05, 0.1) is 11.2 Å². The Hall–Kier alpha value is -0.475. The maximum absolute atomic E-state index is 6.19. The van der Waals surface area contributed by atoms with Crippen molar-refractivity contribution in [2.75, 3.05) is 0 Å². The molecule has 2 nitrogen and oxygen atoms in total. The second kappa shape index (κ2) is 4.82. The van der Waals surface area contributed by atoms with Crippen LogP contribution in [0.2, 0.25) is 10.0 Å². The molecule has 1 aromatic carbocycles. The van der Waals surface area contributed by atoms with Crippen LogP contribution in [-0.2, 0) is 9.31 Å². The van der Waals surface area contributed by atoms with E-state index in [-0.39, 0.29) is 11.2 Å². The van der Waals surface area contributed by atoms with E-state index in [0.717, 1.165) is 5.56 Å². The smallest absolute Gasteiger partial charge is 0.399 e. The molecule has 102 valence electrons. The van der Waals surface area contributed by atoms with E-state index in [1.54, 1.807) is 12.1 Å². The molecule has 0 aliphatic carbocycles. The van der Waals surface area contributed by atoms with Gasteiger partial charge >= 0.3 is 7.12 Å². The molecule has 19 heavy (non-hydrogen) atoms. The molecule has 0 spiro atoms. The summed E-state index contributed by atoms with van der Waals surface area (Å²) in [7, 11) is -0.497. The molecule has 1 heterocycles. The highest BCUT2D eigenvalue weighted by Gasteiger charge is 2.52. The topological polar surface area (TPSA) is 18.5 Å². The molecule has 1 aliphatic rings. The molecule has 1 saturated heterocycles. The molecule has 0 atom stereocenters. The lowest BCUT2D eigenvalue weighted by Crippen LogP contribution is -2.41. The van der Waals surface area contributed by atoms with E-state index >= 15 is 0 Å². The van der Waals surface area contributed by atoms with Gasteiger partial charge < -0.3 is 9.31 Å². The Labute approximate surface area is 124 Å². The first-order valence-corrected chi connectivity index (χ1v) is 6.89. The lowest BCUT2D eigenvalue weighted by Gasteiger charge is -2.32. The molecule has 0 unspecified atom stereocenters. The molecule has 1 aliphatic heterocycles. The predicted molar refractivity (Wildman–Crippen MR) is 81.6 cm³/mol. The summed E-state index contributed by atoms with van der Waals surface area (Å²) in [6.45, 7) is 12.1. The molecular formula is C14H17BCl2O2. The molecule has 1 aromatic rings. The molecule has 0 N–H and O–H groups in total. The lowest BCUT2D eigenvalue weighted by molar-refractivity contribution is 0.00578. The van der Waals surface area contributed by atoms with Crippen molar-refractivity contribution in [1.29, 1.82) is 0 Å². The van der Waals surface area contributed by atoms with Crippen LogP contribution in [0, 0.1) is 0 Å². The molecule has 0 bridgehead atoms. The summed E-state index contributed by atoms with van der Waals surface area (Å²) in [6.07, 6.45) is 0. The summed E-state index contributed by atoms with van der Waals surface area (Å²) < 4.78 is 11.9. The number of rotatable bonds is 2. The van der Waals surface area contributed by atoms with Crippen molar-refractivity contribution in [3.8, 4) is 0 Å². The largest absolute Gasteiger partial charge is 0.494 e. The van der Waals surface area contributed by atoms with Crippen LogP contribution in [-0.4, -0.2) is 18.3 Å². The Morgan fingerprint density at radius 3 is 2.11 bits per heavy atom. The third-order valence-corrected chi connectivity index (χ3v) is 4.36. The monoisotopic (exact) mass is 298 g/mol. The van der Waals surface area contributed by atoms with Crippen LogP contribution in [0.1, 0.15) is 33.3 Å². The van der Waals surface area contributed by atoms with Crippen LogP contribution in [0.3, 0.4) is 0 Å². The third kappa shape index (κ3) is 2.70. The van der Waals surface area contributed by atoms with Gasteiger partial charge in [-0.2, -0.15) is 0 Å². The minimum absolute atomic E-state index is 0.389. The van der Waals surface area contributed by atoms with Crippen LogP contribution in [0.25, 0.3) is 5.47 Å². The number of hydrogen-bond acceptors (Lipinski definition) is 2. The summed E-state index contributed by atoms with van der Waals surface area (Å²) in [5, 5.41) is 1.14. The standard InChI is InChI=1S/C14H17BCl2O2/c1-9(11-7-6-10(16)8-12(11)17)15-18-13(2,3)14(4,5)19-15/h6-8H,1H2,2-5H3. The fraction of sp³-hybridized carbons (Fsp3) is 0.429. The van der Waals surface area contributed by atoms with Crippen molar-refractivity contribution in [1.82, 2.24) is 0 Å². The Morgan fingerprint density at radius 1 is 1.11 bits per heavy atom. The number of halogens is 2. The minimum Gasteiger partial charge on any atom is -0.399 e. The highest BCUT2D eigenvalue weighted by Crippen LogP contribution is 2.41. The van der Waals surface area contributed by atoms with E-state index in [1.165, 1.54) is 0 Å². The highest BCUT2D eigenvalue weighted by molar-refractivity contribution is 6.69. The van der Waals surface area contributed by atoms with Crippen LogP contribution in [0.5, 0.6) is 0 Å². The first kappa shape index (κ1) is 14.9. The SMILES string of the molecule is C=C(B1OC(C)(C)C(C)(C)O1)c1ccc(Cl)cc1Cl. The summed E-state index contributed by atoms with van der Waals surface area (Å²) in [5.74, 6) is 0. The number of benzene rings is 1. The zero-order valence-corrected chi connectivity index (χ0v) is 13.1.